The van der Waals surface area contributed by atoms with Crippen molar-refractivity contribution in [1.29, 1.82) is 0 Å². The molecule has 1 rings (SSSR count). The lowest BCUT2D eigenvalue weighted by Gasteiger charge is -2.09. The minimum Gasteiger partial charge on any atom is -0.355 e. The topological polar surface area (TPSA) is 38.8 Å². The van der Waals surface area contributed by atoms with Crippen LogP contribution in [0.25, 0.3) is 0 Å². The molecule has 1 aliphatic heterocycles. The molecule has 0 radical (unpaired) electrons. The Balaban J connectivity index is 0.000000187. The van der Waals surface area contributed by atoms with Crippen LogP contribution in [0.1, 0.15) is 6.42 Å². The van der Waals surface area contributed by atoms with Crippen molar-refractivity contribution in [3.63, 3.8) is 0 Å². The predicted molar refractivity (Wildman–Crippen MR) is 41.1 cm³/mol. The summed E-state index contributed by atoms with van der Waals surface area (Å²) in [5.41, 5.74) is 0. The fourth-order valence-corrected chi connectivity index (χ4v) is 0.440. The molecule has 4 heteroatoms. The maximum Gasteiger partial charge on any atom is 0.209 e. The molecule has 0 N–H and O–H groups in total. The first-order valence-corrected chi connectivity index (χ1v) is 3.54. The van der Waals surface area contributed by atoms with E-state index in [0.29, 0.717) is 6.79 Å². The molecule has 0 aliphatic carbocycles. The van der Waals surface area contributed by atoms with Crippen LogP contribution in [-0.2, 0) is 14.3 Å². The lowest BCUT2D eigenvalue weighted by atomic mass is 10.5. The minimum absolute atomic E-state index is 0.500. The van der Waals surface area contributed by atoms with Gasteiger partial charge >= 0.3 is 0 Å². The molecule has 0 bridgehead atoms. The Labute approximate surface area is 67.1 Å². The molecule has 1 saturated heterocycles. The van der Waals surface area contributed by atoms with Crippen molar-refractivity contribution >= 4 is 6.41 Å². The van der Waals surface area contributed by atoms with E-state index >= 15 is 0 Å². The molecule has 0 atom stereocenters. The Morgan fingerprint density at radius 1 is 1.27 bits per heavy atom. The average Bonchev–Trinajstić information content (AvgIpc) is 2.09. The van der Waals surface area contributed by atoms with E-state index in [1.54, 1.807) is 14.1 Å². The number of hydrogen-bond donors (Lipinski definition) is 0. The zero-order chi connectivity index (χ0) is 8.53. The molecule has 4 nitrogen and oxygen atoms in total. The molecule has 0 spiro atoms. The lowest BCUT2D eigenvalue weighted by molar-refractivity contribution is -0.115. The Hall–Kier alpha value is -0.610. The standard InChI is InChI=1S/C4H8O2.C3H7NO/c1-2-5-4-6-3-1;1-4(2)3-5/h1-4H2;3H,1-2H3. The van der Waals surface area contributed by atoms with Gasteiger partial charge in [-0.15, -0.1) is 0 Å². The molecule has 1 fully saturated rings. The van der Waals surface area contributed by atoms with E-state index in [2.05, 4.69) is 0 Å². The zero-order valence-electron chi connectivity index (χ0n) is 7.08. The summed E-state index contributed by atoms with van der Waals surface area (Å²) in [5.74, 6) is 0. The highest BCUT2D eigenvalue weighted by Crippen LogP contribution is 1.91. The summed E-state index contributed by atoms with van der Waals surface area (Å²) in [4.78, 5) is 10.9. The molecule has 0 aromatic carbocycles. The first-order valence-electron chi connectivity index (χ1n) is 3.54. The Kier molecular flexibility index (Phi) is 7.08. The van der Waals surface area contributed by atoms with Crippen LogP contribution in [0.2, 0.25) is 0 Å². The van der Waals surface area contributed by atoms with E-state index in [1.165, 1.54) is 4.90 Å². The van der Waals surface area contributed by atoms with Gasteiger partial charge in [0.05, 0.1) is 13.2 Å². The van der Waals surface area contributed by atoms with Gasteiger partial charge < -0.3 is 14.4 Å². The monoisotopic (exact) mass is 161 g/mol. The molecule has 1 heterocycles. The van der Waals surface area contributed by atoms with Crippen LogP contribution < -0.4 is 0 Å². The summed E-state index contributed by atoms with van der Waals surface area (Å²) >= 11 is 0. The number of amides is 1. The van der Waals surface area contributed by atoms with E-state index < -0.39 is 0 Å². The smallest absolute Gasteiger partial charge is 0.209 e. The van der Waals surface area contributed by atoms with Gasteiger partial charge in [-0.25, -0.2) is 0 Å². The van der Waals surface area contributed by atoms with Crippen LogP contribution >= 0.6 is 0 Å². The van der Waals surface area contributed by atoms with Crippen molar-refractivity contribution in [2.45, 2.75) is 6.42 Å². The highest BCUT2D eigenvalue weighted by Gasteiger charge is 1.94. The maximum absolute atomic E-state index is 9.43. The van der Waals surface area contributed by atoms with E-state index in [0.717, 1.165) is 26.0 Å². The molecule has 0 aromatic heterocycles. The largest absolute Gasteiger partial charge is 0.355 e. The van der Waals surface area contributed by atoms with E-state index in [9.17, 15) is 4.79 Å². The van der Waals surface area contributed by atoms with Gasteiger partial charge in [0.15, 0.2) is 0 Å². The Bertz CT molecular complexity index is 80.2. The van der Waals surface area contributed by atoms with Crippen molar-refractivity contribution < 1.29 is 14.3 Å². The highest BCUT2D eigenvalue weighted by molar-refractivity contribution is 5.45. The third kappa shape index (κ3) is 9.39. The van der Waals surface area contributed by atoms with Gasteiger partial charge in [-0.1, -0.05) is 0 Å². The van der Waals surface area contributed by atoms with Crippen LogP contribution in [-0.4, -0.2) is 45.4 Å². The number of ether oxygens (including phenoxy) is 2. The van der Waals surface area contributed by atoms with Gasteiger partial charge in [0, 0.05) is 14.1 Å². The second-order valence-electron chi connectivity index (χ2n) is 2.36. The van der Waals surface area contributed by atoms with E-state index in [4.69, 9.17) is 9.47 Å². The van der Waals surface area contributed by atoms with Crippen molar-refractivity contribution in [1.82, 2.24) is 4.90 Å². The third-order valence-corrected chi connectivity index (χ3v) is 0.955. The fourth-order valence-electron chi connectivity index (χ4n) is 0.440. The summed E-state index contributed by atoms with van der Waals surface area (Å²) in [5, 5.41) is 0. The first kappa shape index (κ1) is 10.4. The molecule has 0 aromatic rings. The summed E-state index contributed by atoms with van der Waals surface area (Å²) in [6.07, 6.45) is 1.81. The molecule has 0 unspecified atom stereocenters. The van der Waals surface area contributed by atoms with Gasteiger partial charge in [0.2, 0.25) is 6.41 Å². The van der Waals surface area contributed by atoms with Crippen LogP contribution in [0, 0.1) is 0 Å². The number of nitrogens with zero attached hydrogens (tertiary/aromatic N) is 1. The highest BCUT2D eigenvalue weighted by atomic mass is 16.7. The van der Waals surface area contributed by atoms with Crippen molar-refractivity contribution in [3.8, 4) is 0 Å². The summed E-state index contributed by atoms with van der Waals surface area (Å²) in [6, 6.07) is 0. The molecule has 1 amide bonds. The second-order valence-corrected chi connectivity index (χ2v) is 2.36. The molecule has 11 heavy (non-hydrogen) atoms. The molecule has 1 aliphatic rings. The maximum atomic E-state index is 9.43. The van der Waals surface area contributed by atoms with Crippen LogP contribution in [0.15, 0.2) is 0 Å². The molecule has 66 valence electrons. The first-order chi connectivity index (χ1) is 5.27. The van der Waals surface area contributed by atoms with Gasteiger partial charge in [0.25, 0.3) is 0 Å². The SMILES string of the molecule is C1COCOC1.CN(C)C=O. The molecule has 0 saturated carbocycles. The predicted octanol–water partition coefficient (Wildman–Crippen LogP) is 0.0852. The van der Waals surface area contributed by atoms with Gasteiger partial charge in [0.1, 0.15) is 6.79 Å². The number of carbonyl (C=O) groups excluding carboxylic acids is 1. The fraction of sp³-hybridized carbons (Fsp3) is 0.857. The normalized spacial score (nSPS) is 16.2. The van der Waals surface area contributed by atoms with Crippen molar-refractivity contribution in [2.75, 3.05) is 34.1 Å². The van der Waals surface area contributed by atoms with E-state index in [1.807, 2.05) is 0 Å². The number of carbonyl (C=O) groups is 1. The third-order valence-electron chi connectivity index (χ3n) is 0.955. The number of hydrogen-bond acceptors (Lipinski definition) is 3. The second kappa shape index (κ2) is 7.50. The van der Waals surface area contributed by atoms with Crippen molar-refractivity contribution in [2.24, 2.45) is 0 Å². The Morgan fingerprint density at radius 2 is 1.73 bits per heavy atom. The average molecular weight is 161 g/mol. The van der Waals surface area contributed by atoms with Crippen LogP contribution in [0.4, 0.5) is 0 Å². The zero-order valence-corrected chi connectivity index (χ0v) is 7.08. The lowest BCUT2D eigenvalue weighted by Crippen LogP contribution is -2.11. The molecular weight excluding hydrogens is 146 g/mol. The quantitative estimate of drug-likeness (QED) is 0.511. The number of rotatable bonds is 1. The minimum atomic E-state index is 0.500. The van der Waals surface area contributed by atoms with Gasteiger partial charge in [-0.2, -0.15) is 0 Å². The Morgan fingerprint density at radius 3 is 1.82 bits per heavy atom. The summed E-state index contributed by atoms with van der Waals surface area (Å²) in [7, 11) is 3.38. The van der Waals surface area contributed by atoms with Gasteiger partial charge in [-0.3, -0.25) is 4.79 Å². The van der Waals surface area contributed by atoms with E-state index in [-0.39, 0.29) is 0 Å². The van der Waals surface area contributed by atoms with Crippen molar-refractivity contribution in [3.05, 3.63) is 0 Å². The van der Waals surface area contributed by atoms with Crippen LogP contribution in [0.5, 0.6) is 0 Å². The van der Waals surface area contributed by atoms with Crippen LogP contribution in [0.3, 0.4) is 0 Å². The summed E-state index contributed by atoms with van der Waals surface area (Å²) < 4.78 is 9.69. The van der Waals surface area contributed by atoms with Gasteiger partial charge in [-0.05, 0) is 6.42 Å². The summed E-state index contributed by atoms with van der Waals surface area (Å²) in [6.45, 7) is 2.25. The molecular formula is C7H15NO3.